The van der Waals surface area contributed by atoms with Gasteiger partial charge >= 0.3 is 0 Å². The third kappa shape index (κ3) is 4.08. The van der Waals surface area contributed by atoms with Crippen molar-refractivity contribution in [2.75, 3.05) is 0 Å². The van der Waals surface area contributed by atoms with Crippen LogP contribution in [0.25, 0.3) is 0 Å². The van der Waals surface area contributed by atoms with Gasteiger partial charge in [-0.15, -0.1) is 11.3 Å². The topological polar surface area (TPSA) is 12.0 Å². The second kappa shape index (κ2) is 5.81. The van der Waals surface area contributed by atoms with Crippen LogP contribution in [-0.2, 0) is 6.42 Å². The van der Waals surface area contributed by atoms with Gasteiger partial charge in [-0.25, -0.2) is 0 Å². The fraction of sp³-hybridized carbons (Fsp3) is 0.778. The Morgan fingerprint density at radius 3 is 2.30 bits per heavy atom. The molecule has 1 fully saturated rings. The summed E-state index contributed by atoms with van der Waals surface area (Å²) >= 11 is 1.97. The molecule has 1 aliphatic carbocycles. The van der Waals surface area contributed by atoms with Crippen LogP contribution < -0.4 is 5.32 Å². The molecule has 2 rings (SSSR count). The molecule has 0 amide bonds. The maximum atomic E-state index is 3.89. The van der Waals surface area contributed by atoms with Crippen molar-refractivity contribution >= 4 is 11.3 Å². The van der Waals surface area contributed by atoms with Crippen molar-refractivity contribution in [1.29, 1.82) is 0 Å². The van der Waals surface area contributed by atoms with Gasteiger partial charge < -0.3 is 5.32 Å². The molecule has 0 radical (unpaired) electrons. The smallest absolute Gasteiger partial charge is 0.0388 e. The number of rotatable bonds is 4. The molecule has 1 aromatic rings. The Morgan fingerprint density at radius 1 is 1.20 bits per heavy atom. The standard InChI is InChI=1S/C18H31NS/c1-7-15-8-9-16(20-15)13(2)19-14-10-17(3,4)12-18(5,6)11-14/h8-9,13-14,19H,7,10-12H2,1-6H3. The molecule has 0 spiro atoms. The van der Waals surface area contributed by atoms with Crippen LogP contribution in [0.15, 0.2) is 12.1 Å². The van der Waals surface area contributed by atoms with E-state index >= 15 is 0 Å². The Morgan fingerprint density at radius 2 is 1.80 bits per heavy atom. The lowest BCUT2D eigenvalue weighted by Crippen LogP contribution is -2.44. The molecular formula is C18H31NS. The van der Waals surface area contributed by atoms with E-state index in [1.54, 1.807) is 0 Å². The van der Waals surface area contributed by atoms with Crippen LogP contribution in [0.4, 0.5) is 0 Å². The minimum Gasteiger partial charge on any atom is -0.307 e. The Labute approximate surface area is 129 Å². The quantitative estimate of drug-likeness (QED) is 0.765. The summed E-state index contributed by atoms with van der Waals surface area (Å²) in [7, 11) is 0. The summed E-state index contributed by atoms with van der Waals surface area (Å²) in [6.45, 7) is 14.3. The Hall–Kier alpha value is -0.340. The van der Waals surface area contributed by atoms with Crippen molar-refractivity contribution in [2.45, 2.75) is 79.3 Å². The summed E-state index contributed by atoms with van der Waals surface area (Å²) < 4.78 is 0. The molecule has 1 heterocycles. The number of hydrogen-bond donors (Lipinski definition) is 1. The van der Waals surface area contributed by atoms with Crippen LogP contribution >= 0.6 is 11.3 Å². The van der Waals surface area contributed by atoms with Gasteiger partial charge in [0.15, 0.2) is 0 Å². The third-order valence-electron chi connectivity index (χ3n) is 4.50. The van der Waals surface area contributed by atoms with Gasteiger partial charge in [-0.3, -0.25) is 0 Å². The Bertz CT molecular complexity index is 428. The SMILES string of the molecule is CCc1ccc(C(C)NC2CC(C)(C)CC(C)(C)C2)s1. The zero-order chi connectivity index (χ0) is 15.0. The average molecular weight is 294 g/mol. The predicted octanol–water partition coefficient (Wildman–Crippen LogP) is 5.57. The van der Waals surface area contributed by atoms with Gasteiger partial charge in [-0.05, 0) is 55.6 Å². The minimum absolute atomic E-state index is 0.461. The van der Waals surface area contributed by atoms with E-state index in [4.69, 9.17) is 0 Å². The maximum absolute atomic E-state index is 3.89. The lowest BCUT2D eigenvalue weighted by molar-refractivity contribution is 0.0813. The van der Waals surface area contributed by atoms with Crippen molar-refractivity contribution in [3.8, 4) is 0 Å². The monoisotopic (exact) mass is 293 g/mol. The first-order valence-electron chi connectivity index (χ1n) is 8.05. The molecular weight excluding hydrogens is 262 g/mol. The van der Waals surface area contributed by atoms with E-state index < -0.39 is 0 Å². The van der Waals surface area contributed by atoms with Crippen molar-refractivity contribution in [2.24, 2.45) is 10.8 Å². The van der Waals surface area contributed by atoms with Crippen molar-refractivity contribution in [3.63, 3.8) is 0 Å². The molecule has 1 unspecified atom stereocenters. The van der Waals surface area contributed by atoms with E-state index in [9.17, 15) is 0 Å². The minimum atomic E-state index is 0.461. The highest BCUT2D eigenvalue weighted by Gasteiger charge is 2.38. The van der Waals surface area contributed by atoms with Crippen LogP contribution in [0.3, 0.4) is 0 Å². The molecule has 1 aromatic heterocycles. The molecule has 2 heteroatoms. The third-order valence-corrected chi connectivity index (χ3v) is 5.91. The summed E-state index contributed by atoms with van der Waals surface area (Å²) in [5, 5.41) is 3.89. The molecule has 20 heavy (non-hydrogen) atoms. The van der Waals surface area contributed by atoms with Crippen molar-refractivity contribution in [3.05, 3.63) is 21.9 Å². The van der Waals surface area contributed by atoms with E-state index in [0.717, 1.165) is 6.42 Å². The molecule has 1 nitrogen and oxygen atoms in total. The molecule has 1 atom stereocenters. The average Bonchev–Trinajstić information content (AvgIpc) is 2.72. The summed E-state index contributed by atoms with van der Waals surface area (Å²) in [6.07, 6.45) is 5.09. The zero-order valence-electron chi connectivity index (χ0n) is 14.0. The van der Waals surface area contributed by atoms with Gasteiger partial charge in [0.1, 0.15) is 0 Å². The van der Waals surface area contributed by atoms with Gasteiger partial charge in [0.2, 0.25) is 0 Å². The molecule has 114 valence electrons. The normalized spacial score (nSPS) is 23.7. The van der Waals surface area contributed by atoms with E-state index in [1.807, 2.05) is 11.3 Å². The summed E-state index contributed by atoms with van der Waals surface area (Å²) in [6, 6.07) is 5.72. The summed E-state index contributed by atoms with van der Waals surface area (Å²) in [4.78, 5) is 2.99. The molecule has 0 saturated heterocycles. The lowest BCUT2D eigenvalue weighted by Gasteiger charge is -2.46. The zero-order valence-corrected chi connectivity index (χ0v) is 14.9. The molecule has 1 N–H and O–H groups in total. The first-order chi connectivity index (χ1) is 9.21. The molecule has 1 saturated carbocycles. The number of thiophene rings is 1. The lowest BCUT2D eigenvalue weighted by atomic mass is 9.63. The van der Waals surface area contributed by atoms with Crippen LogP contribution in [-0.4, -0.2) is 6.04 Å². The molecule has 0 aromatic carbocycles. The van der Waals surface area contributed by atoms with E-state index in [1.165, 1.54) is 29.0 Å². The number of hydrogen-bond acceptors (Lipinski definition) is 2. The first-order valence-corrected chi connectivity index (χ1v) is 8.87. The van der Waals surface area contributed by atoms with Crippen molar-refractivity contribution in [1.82, 2.24) is 5.32 Å². The summed E-state index contributed by atoms with van der Waals surface area (Å²) in [5.74, 6) is 0. The van der Waals surface area contributed by atoms with Crippen LogP contribution in [0.1, 0.15) is 76.6 Å². The highest BCUT2D eigenvalue weighted by Crippen LogP contribution is 2.46. The maximum Gasteiger partial charge on any atom is 0.0388 e. The van der Waals surface area contributed by atoms with Gasteiger partial charge in [-0.1, -0.05) is 34.6 Å². The van der Waals surface area contributed by atoms with Crippen LogP contribution in [0.5, 0.6) is 0 Å². The van der Waals surface area contributed by atoms with Gasteiger partial charge in [0.05, 0.1) is 0 Å². The largest absolute Gasteiger partial charge is 0.307 e. The fourth-order valence-corrected chi connectivity index (χ4v) is 5.18. The molecule has 1 aliphatic rings. The van der Waals surface area contributed by atoms with Crippen molar-refractivity contribution < 1.29 is 0 Å². The van der Waals surface area contributed by atoms with E-state index in [2.05, 4.69) is 59.0 Å². The van der Waals surface area contributed by atoms with E-state index in [-0.39, 0.29) is 0 Å². The Kier molecular flexibility index (Phi) is 4.66. The fourth-order valence-electron chi connectivity index (χ4n) is 4.22. The highest BCUT2D eigenvalue weighted by molar-refractivity contribution is 7.12. The summed E-state index contributed by atoms with van der Waals surface area (Å²) in [5.41, 5.74) is 0.923. The van der Waals surface area contributed by atoms with E-state index in [0.29, 0.717) is 22.9 Å². The first kappa shape index (κ1) is 16.0. The van der Waals surface area contributed by atoms with Gasteiger partial charge in [0, 0.05) is 21.8 Å². The second-order valence-electron chi connectivity index (χ2n) is 8.16. The number of nitrogens with one attached hydrogen (secondary N) is 1. The van der Waals surface area contributed by atoms with Gasteiger partial charge in [-0.2, -0.15) is 0 Å². The second-order valence-corrected chi connectivity index (χ2v) is 9.36. The Balaban J connectivity index is 2.01. The molecule has 0 aliphatic heterocycles. The van der Waals surface area contributed by atoms with Gasteiger partial charge in [0.25, 0.3) is 0 Å². The molecule has 0 bridgehead atoms. The highest BCUT2D eigenvalue weighted by atomic mass is 32.1. The van der Waals surface area contributed by atoms with Crippen LogP contribution in [0, 0.1) is 10.8 Å². The predicted molar refractivity (Wildman–Crippen MR) is 90.4 cm³/mol. The van der Waals surface area contributed by atoms with Crippen LogP contribution in [0.2, 0.25) is 0 Å². The number of aryl methyl sites for hydroxylation is 1.